The van der Waals surface area contributed by atoms with E-state index < -0.39 is 68.2 Å². The molecule has 3 fully saturated rings. The predicted molar refractivity (Wildman–Crippen MR) is 208 cm³/mol. The van der Waals surface area contributed by atoms with Gasteiger partial charge < -0.3 is 19.6 Å². The summed E-state index contributed by atoms with van der Waals surface area (Å²) in [6, 6.07) is 13.8. The van der Waals surface area contributed by atoms with Crippen LogP contribution in [0.2, 0.25) is 0 Å². The minimum absolute atomic E-state index is 0.0891. The zero-order valence-corrected chi connectivity index (χ0v) is 33.4. The van der Waals surface area contributed by atoms with E-state index >= 15 is 0 Å². The van der Waals surface area contributed by atoms with Gasteiger partial charge in [-0.2, -0.15) is 0 Å². The Hall–Kier alpha value is -4.66. The second-order valence-corrected chi connectivity index (χ2v) is 18.7. The van der Waals surface area contributed by atoms with Crippen molar-refractivity contribution in [2.45, 2.75) is 121 Å². The Bertz CT molecular complexity index is 2010. The molecule has 14 nitrogen and oxygen atoms in total. The topological polar surface area (TPSA) is 182 Å². The quantitative estimate of drug-likeness (QED) is 0.285. The monoisotopic (exact) mass is 791 g/mol. The number of nitrogens with one attached hydrogen (secondary N) is 3. The first-order valence-electron chi connectivity index (χ1n) is 20.0. The maximum Gasteiger partial charge on any atom is 0.426 e. The zero-order valence-electron chi connectivity index (χ0n) is 32.6. The Balaban J connectivity index is 1.20. The molecule has 0 spiro atoms. The molecule has 7 rings (SSSR count). The molecule has 15 heteroatoms. The van der Waals surface area contributed by atoms with Gasteiger partial charge in [0.15, 0.2) is 0 Å². The third-order valence-electron chi connectivity index (χ3n) is 11.4. The standard InChI is InChI=1S/C41H53N5O9S/c1-5-25-24-41(25,38(49)45-56(51,52)28-16-17-28)42-36(47)33-22-27-23-34(33)37(48)46(43-39(50)54-40(2,3)4)19-11-7-6-8-12-20-53-26-15-18-30-29-13-9-10-14-31(29)35(44-55-27)32(30)21-26/h9-10,13-15,18,21,25,27-28,33-34H,5-8,11-12,16-17,19-20,22-24H2,1-4H3,(H,42,47)(H,43,50)(H,45,49)/b44-35+/t25-,27+,33+,34+,41+/m0/s1. The molecular formula is C41H53N5O9S. The number of carbonyl (C=O) groups is 4. The van der Waals surface area contributed by atoms with Gasteiger partial charge in [-0.15, -0.1) is 0 Å². The summed E-state index contributed by atoms with van der Waals surface area (Å²) >= 11 is 0. The van der Waals surface area contributed by atoms with Crippen LogP contribution >= 0.6 is 0 Å². The van der Waals surface area contributed by atoms with E-state index in [9.17, 15) is 27.6 Å². The minimum Gasteiger partial charge on any atom is -0.494 e. The van der Waals surface area contributed by atoms with E-state index in [2.05, 4.69) is 20.6 Å². The van der Waals surface area contributed by atoms with E-state index in [0.717, 1.165) is 53.7 Å². The smallest absolute Gasteiger partial charge is 0.426 e. The normalized spacial score (nSPS) is 27.5. The molecule has 4 bridgehead atoms. The van der Waals surface area contributed by atoms with E-state index in [1.165, 1.54) is 5.01 Å². The summed E-state index contributed by atoms with van der Waals surface area (Å²) in [6.07, 6.45) is 4.49. The number of hydrogen-bond donors (Lipinski definition) is 3. The molecule has 5 atom stereocenters. The lowest BCUT2D eigenvalue weighted by atomic mass is 9.93. The van der Waals surface area contributed by atoms with Crippen LogP contribution in [0.3, 0.4) is 0 Å². The van der Waals surface area contributed by atoms with E-state index in [1.54, 1.807) is 20.8 Å². The van der Waals surface area contributed by atoms with Crippen LogP contribution in [0.15, 0.2) is 47.6 Å². The molecule has 0 unspecified atom stereocenters. The molecule has 56 heavy (non-hydrogen) atoms. The molecule has 2 aromatic rings. The summed E-state index contributed by atoms with van der Waals surface area (Å²) in [5.41, 5.74) is 4.73. The van der Waals surface area contributed by atoms with Crippen molar-refractivity contribution in [3.05, 3.63) is 53.6 Å². The number of sulfonamides is 1. The van der Waals surface area contributed by atoms with Crippen LogP contribution < -0.4 is 20.2 Å². The summed E-state index contributed by atoms with van der Waals surface area (Å²) < 4.78 is 39.4. The van der Waals surface area contributed by atoms with Crippen LogP contribution in [0.1, 0.15) is 109 Å². The summed E-state index contributed by atoms with van der Waals surface area (Å²) in [6.45, 7) is 7.79. The summed E-state index contributed by atoms with van der Waals surface area (Å²) in [5, 5.41) is 8.22. The molecule has 5 aliphatic rings. The Kier molecular flexibility index (Phi) is 11.1. The van der Waals surface area contributed by atoms with Gasteiger partial charge in [0.2, 0.25) is 21.8 Å². The third-order valence-corrected chi connectivity index (χ3v) is 13.2. The molecule has 4 amide bonds. The number of hydrogen-bond acceptors (Lipinski definition) is 10. The van der Waals surface area contributed by atoms with Gasteiger partial charge in [-0.1, -0.05) is 62.0 Å². The second-order valence-electron chi connectivity index (χ2n) is 16.8. The Morgan fingerprint density at radius 1 is 0.964 bits per heavy atom. The number of benzene rings is 2. The average Bonchev–Trinajstić information content (AvgIpc) is 4.06. The molecule has 3 N–H and O–H groups in total. The zero-order chi connectivity index (χ0) is 39.8. The van der Waals surface area contributed by atoms with Gasteiger partial charge in [-0.05, 0) is 101 Å². The van der Waals surface area contributed by atoms with Gasteiger partial charge in [0, 0.05) is 17.7 Å². The van der Waals surface area contributed by atoms with Crippen LogP contribution in [0, 0.1) is 17.8 Å². The number of hydrazine groups is 1. The molecule has 1 aliphatic heterocycles. The van der Waals surface area contributed by atoms with E-state index in [4.69, 9.17) is 14.3 Å². The van der Waals surface area contributed by atoms with Crippen molar-refractivity contribution in [1.82, 2.24) is 20.5 Å². The molecule has 2 aromatic carbocycles. The van der Waals surface area contributed by atoms with Crippen molar-refractivity contribution in [1.29, 1.82) is 0 Å². The van der Waals surface area contributed by atoms with Gasteiger partial charge in [-0.25, -0.2) is 18.6 Å². The van der Waals surface area contributed by atoms with Crippen LogP contribution in [-0.2, 0) is 34.0 Å². The maximum absolute atomic E-state index is 14.6. The number of nitrogens with zero attached hydrogens (tertiary/aromatic N) is 2. The Morgan fingerprint density at radius 3 is 2.39 bits per heavy atom. The van der Waals surface area contributed by atoms with E-state index in [1.807, 2.05) is 49.4 Å². The van der Waals surface area contributed by atoms with Crippen molar-refractivity contribution < 1.29 is 41.9 Å². The highest BCUT2D eigenvalue weighted by Crippen LogP contribution is 2.48. The van der Waals surface area contributed by atoms with Crippen molar-refractivity contribution >= 4 is 39.5 Å². The van der Waals surface area contributed by atoms with E-state index in [-0.39, 0.29) is 31.7 Å². The molecule has 0 aromatic heterocycles. The summed E-state index contributed by atoms with van der Waals surface area (Å²) in [4.78, 5) is 61.9. The first kappa shape index (κ1) is 39.6. The molecule has 302 valence electrons. The Morgan fingerprint density at radius 2 is 1.68 bits per heavy atom. The summed E-state index contributed by atoms with van der Waals surface area (Å²) in [5.74, 6) is -3.30. The number of fused-ring (bicyclic) bond motifs is 6. The minimum atomic E-state index is -3.86. The maximum atomic E-state index is 14.6. The van der Waals surface area contributed by atoms with Crippen molar-refractivity contribution in [2.75, 3.05) is 13.2 Å². The second kappa shape index (κ2) is 15.7. The SMILES string of the molecule is CC[C@H]1C[C@]1(NC(=O)[C@@H]1C[C@@H]2C[C@H]1C(=O)N(NC(=O)OC(C)(C)C)CCCCCCCOc1ccc3c(c1)/C(=N/O2)c1ccccc1-3)C(=O)NS(=O)(=O)C1CC1. The van der Waals surface area contributed by atoms with Gasteiger partial charge >= 0.3 is 6.09 Å². The van der Waals surface area contributed by atoms with Crippen LogP contribution in [0.5, 0.6) is 5.75 Å². The van der Waals surface area contributed by atoms with Crippen LogP contribution in [0.4, 0.5) is 4.79 Å². The number of oxime groups is 1. The third kappa shape index (κ3) is 8.52. The largest absolute Gasteiger partial charge is 0.494 e. The lowest BCUT2D eigenvalue weighted by Gasteiger charge is -2.30. The molecular weight excluding hydrogens is 739 g/mol. The lowest BCUT2D eigenvalue weighted by molar-refractivity contribution is -0.144. The number of amides is 4. The van der Waals surface area contributed by atoms with E-state index in [0.29, 0.717) is 38.0 Å². The first-order chi connectivity index (χ1) is 26.7. The number of ether oxygens (including phenoxy) is 2. The number of rotatable bonds is 7. The highest BCUT2D eigenvalue weighted by molar-refractivity contribution is 7.91. The first-order valence-corrected chi connectivity index (χ1v) is 21.5. The molecule has 3 saturated carbocycles. The Labute approximate surface area is 328 Å². The number of carbonyl (C=O) groups excluding carboxylic acids is 4. The fourth-order valence-electron chi connectivity index (χ4n) is 8.21. The highest BCUT2D eigenvalue weighted by Gasteiger charge is 2.62. The fraction of sp³-hybridized carbons (Fsp3) is 0.585. The average molecular weight is 792 g/mol. The van der Waals surface area contributed by atoms with Gasteiger partial charge in [-0.3, -0.25) is 24.1 Å². The molecule has 4 aliphatic carbocycles. The highest BCUT2D eigenvalue weighted by atomic mass is 32.2. The van der Waals surface area contributed by atoms with Crippen molar-refractivity contribution in [3.63, 3.8) is 0 Å². The van der Waals surface area contributed by atoms with Crippen molar-refractivity contribution in [3.8, 4) is 16.9 Å². The summed E-state index contributed by atoms with van der Waals surface area (Å²) in [7, 11) is -3.86. The van der Waals surface area contributed by atoms with Crippen LogP contribution in [0.25, 0.3) is 11.1 Å². The predicted octanol–water partition coefficient (Wildman–Crippen LogP) is 5.34. The van der Waals surface area contributed by atoms with Crippen LogP contribution in [-0.4, -0.2) is 78.6 Å². The molecule has 0 radical (unpaired) electrons. The lowest BCUT2D eigenvalue weighted by Crippen LogP contribution is -2.55. The molecule has 1 heterocycles. The van der Waals surface area contributed by atoms with Gasteiger partial charge in [0.1, 0.15) is 28.7 Å². The van der Waals surface area contributed by atoms with Gasteiger partial charge in [0.05, 0.1) is 23.7 Å². The van der Waals surface area contributed by atoms with Gasteiger partial charge in [0.25, 0.3) is 5.91 Å². The fourth-order valence-corrected chi connectivity index (χ4v) is 9.57. The van der Waals surface area contributed by atoms with Crippen molar-refractivity contribution in [2.24, 2.45) is 22.9 Å². The molecule has 0 saturated heterocycles.